The summed E-state index contributed by atoms with van der Waals surface area (Å²) in [5.41, 5.74) is 0. The maximum absolute atomic E-state index is 3.63. The first-order valence-electron chi connectivity index (χ1n) is 2.75. The van der Waals surface area contributed by atoms with Crippen molar-refractivity contribution in [3.63, 3.8) is 0 Å². The minimum absolute atomic E-state index is 1.07. The van der Waals surface area contributed by atoms with E-state index < -0.39 is 0 Å². The van der Waals surface area contributed by atoms with Crippen LogP contribution in [-0.4, -0.2) is 11.5 Å². The van der Waals surface area contributed by atoms with Gasteiger partial charge >= 0.3 is 0 Å². The van der Waals surface area contributed by atoms with Gasteiger partial charge in [0.1, 0.15) is 0 Å². The summed E-state index contributed by atoms with van der Waals surface area (Å²) in [7, 11) is 0. The van der Waals surface area contributed by atoms with Crippen LogP contribution >= 0.6 is 11.8 Å². The Morgan fingerprint density at radius 2 is 2.25 bits per heavy atom. The van der Waals surface area contributed by atoms with Crippen LogP contribution < -0.4 is 0 Å². The van der Waals surface area contributed by atoms with Crippen LogP contribution in [0.4, 0.5) is 0 Å². The summed E-state index contributed by atoms with van der Waals surface area (Å²) in [6.45, 7) is 7.93. The van der Waals surface area contributed by atoms with Crippen LogP contribution in [0, 0.1) is 5.92 Å². The summed E-state index contributed by atoms with van der Waals surface area (Å²) in [6, 6.07) is 0. The second-order valence-corrected chi connectivity index (χ2v) is 3.04. The second-order valence-electron chi connectivity index (χ2n) is 2.01. The van der Waals surface area contributed by atoms with Gasteiger partial charge in [-0.1, -0.05) is 19.9 Å². The lowest BCUT2D eigenvalue weighted by molar-refractivity contribution is 1.12. The van der Waals surface area contributed by atoms with Gasteiger partial charge in [0.2, 0.25) is 0 Å². The summed E-state index contributed by atoms with van der Waals surface area (Å²) >= 11 is 1.91. The topological polar surface area (TPSA) is 0 Å². The zero-order chi connectivity index (χ0) is 6.41. The number of thioether (sulfide) groups is 1. The highest BCUT2D eigenvalue weighted by molar-refractivity contribution is 7.99. The SMILES string of the molecule is C=CCSC[C](C)C. The molecule has 1 radical (unpaired) electrons. The van der Waals surface area contributed by atoms with E-state index >= 15 is 0 Å². The third kappa shape index (κ3) is 6.09. The zero-order valence-corrected chi connectivity index (χ0v) is 6.42. The molecule has 0 rings (SSSR count). The molecular weight excluding hydrogens is 116 g/mol. The van der Waals surface area contributed by atoms with Gasteiger partial charge in [-0.05, 0) is 11.7 Å². The molecule has 0 unspecified atom stereocenters. The summed E-state index contributed by atoms with van der Waals surface area (Å²) in [4.78, 5) is 0. The Balaban J connectivity index is 2.81. The Bertz CT molecular complexity index is 57.4. The van der Waals surface area contributed by atoms with Crippen molar-refractivity contribution >= 4 is 11.8 Å². The fourth-order valence-electron chi connectivity index (χ4n) is 0.346. The summed E-state index contributed by atoms with van der Waals surface area (Å²) in [5, 5.41) is 0. The zero-order valence-electron chi connectivity index (χ0n) is 5.61. The fraction of sp³-hybridized carbons (Fsp3) is 0.571. The van der Waals surface area contributed by atoms with E-state index in [4.69, 9.17) is 0 Å². The second kappa shape index (κ2) is 5.23. The predicted octanol–water partition coefficient (Wildman–Crippen LogP) is 2.52. The largest absolute Gasteiger partial charge is 0.157 e. The van der Waals surface area contributed by atoms with E-state index in [1.807, 2.05) is 17.8 Å². The third-order valence-electron chi connectivity index (χ3n) is 0.626. The summed E-state index contributed by atoms with van der Waals surface area (Å²) in [6.07, 6.45) is 1.94. The van der Waals surface area contributed by atoms with E-state index in [1.54, 1.807) is 0 Å². The summed E-state index contributed by atoms with van der Waals surface area (Å²) in [5.74, 6) is 3.73. The van der Waals surface area contributed by atoms with Crippen LogP contribution in [0.5, 0.6) is 0 Å². The third-order valence-corrected chi connectivity index (χ3v) is 1.88. The Morgan fingerprint density at radius 3 is 2.62 bits per heavy atom. The van der Waals surface area contributed by atoms with E-state index in [0.29, 0.717) is 0 Å². The molecule has 0 aromatic carbocycles. The summed E-state index contributed by atoms with van der Waals surface area (Å²) < 4.78 is 0. The van der Waals surface area contributed by atoms with E-state index in [-0.39, 0.29) is 0 Å². The minimum atomic E-state index is 1.07. The minimum Gasteiger partial charge on any atom is -0.157 e. The first-order valence-corrected chi connectivity index (χ1v) is 3.90. The van der Waals surface area contributed by atoms with Crippen molar-refractivity contribution in [3.05, 3.63) is 18.6 Å². The molecular formula is C7H13S. The number of hydrogen-bond acceptors (Lipinski definition) is 1. The average Bonchev–Trinajstić information content (AvgIpc) is 1.66. The highest BCUT2D eigenvalue weighted by Crippen LogP contribution is 2.07. The Hall–Kier alpha value is 0.0900. The first-order chi connectivity index (χ1) is 3.77. The van der Waals surface area contributed by atoms with Gasteiger partial charge in [0.15, 0.2) is 0 Å². The van der Waals surface area contributed by atoms with E-state index in [1.165, 1.54) is 11.7 Å². The van der Waals surface area contributed by atoms with E-state index in [9.17, 15) is 0 Å². The van der Waals surface area contributed by atoms with Crippen LogP contribution in [0.2, 0.25) is 0 Å². The van der Waals surface area contributed by atoms with Crippen molar-refractivity contribution < 1.29 is 0 Å². The molecule has 0 amide bonds. The quantitative estimate of drug-likeness (QED) is 0.415. The molecule has 0 nitrogen and oxygen atoms in total. The standard InChI is InChI=1S/C7H13S/c1-4-5-8-6-7(2)3/h4H,1,5-6H2,2-3H3. The molecule has 47 valence electrons. The van der Waals surface area contributed by atoms with Crippen molar-refractivity contribution in [2.24, 2.45) is 0 Å². The first kappa shape index (κ1) is 8.09. The highest BCUT2D eigenvalue weighted by atomic mass is 32.2. The lowest BCUT2D eigenvalue weighted by atomic mass is 10.3. The van der Waals surface area contributed by atoms with Gasteiger partial charge in [-0.3, -0.25) is 0 Å². The monoisotopic (exact) mass is 129 g/mol. The molecule has 1 heteroatoms. The van der Waals surface area contributed by atoms with Gasteiger partial charge in [-0.2, -0.15) is 11.8 Å². The molecule has 0 aliphatic rings. The Labute approximate surface area is 56.4 Å². The Morgan fingerprint density at radius 1 is 1.62 bits per heavy atom. The molecule has 0 saturated carbocycles. The molecule has 0 aromatic heterocycles. The van der Waals surface area contributed by atoms with Crippen molar-refractivity contribution in [3.8, 4) is 0 Å². The van der Waals surface area contributed by atoms with Crippen molar-refractivity contribution in [1.29, 1.82) is 0 Å². The molecule has 0 heterocycles. The van der Waals surface area contributed by atoms with Crippen LogP contribution in [0.25, 0.3) is 0 Å². The van der Waals surface area contributed by atoms with Gasteiger partial charge in [0.25, 0.3) is 0 Å². The van der Waals surface area contributed by atoms with Crippen LogP contribution in [0.3, 0.4) is 0 Å². The molecule has 0 atom stereocenters. The van der Waals surface area contributed by atoms with Crippen LogP contribution in [-0.2, 0) is 0 Å². The van der Waals surface area contributed by atoms with E-state index in [2.05, 4.69) is 20.4 Å². The van der Waals surface area contributed by atoms with Gasteiger partial charge in [-0.15, -0.1) is 6.58 Å². The normalized spacial score (nSPS) is 9.88. The number of hydrogen-bond donors (Lipinski definition) is 0. The maximum atomic E-state index is 3.63. The molecule has 0 aliphatic heterocycles. The molecule has 0 aromatic rings. The Kier molecular flexibility index (Phi) is 5.29. The molecule has 0 saturated heterocycles. The lowest BCUT2D eigenvalue weighted by Gasteiger charge is -1.98. The average molecular weight is 129 g/mol. The van der Waals surface area contributed by atoms with E-state index in [0.717, 1.165) is 5.75 Å². The smallest absolute Gasteiger partial charge is 0.0110 e. The van der Waals surface area contributed by atoms with Gasteiger partial charge in [-0.25, -0.2) is 0 Å². The van der Waals surface area contributed by atoms with Crippen LogP contribution in [0.15, 0.2) is 12.7 Å². The molecule has 0 bridgehead atoms. The van der Waals surface area contributed by atoms with Gasteiger partial charge < -0.3 is 0 Å². The van der Waals surface area contributed by atoms with Crippen LogP contribution in [0.1, 0.15) is 13.8 Å². The van der Waals surface area contributed by atoms with Gasteiger partial charge in [0, 0.05) is 5.75 Å². The van der Waals surface area contributed by atoms with Crippen molar-refractivity contribution in [1.82, 2.24) is 0 Å². The van der Waals surface area contributed by atoms with Gasteiger partial charge in [0.05, 0.1) is 0 Å². The maximum Gasteiger partial charge on any atom is 0.0110 e. The molecule has 0 spiro atoms. The lowest BCUT2D eigenvalue weighted by Crippen LogP contribution is -1.87. The van der Waals surface area contributed by atoms with Crippen molar-refractivity contribution in [2.45, 2.75) is 13.8 Å². The molecule has 8 heavy (non-hydrogen) atoms. The molecule has 0 fully saturated rings. The fourth-order valence-corrected chi connectivity index (χ4v) is 1.04. The predicted molar refractivity (Wildman–Crippen MR) is 42.1 cm³/mol. The van der Waals surface area contributed by atoms with Crippen molar-refractivity contribution in [2.75, 3.05) is 11.5 Å². The molecule has 0 N–H and O–H groups in total. The number of rotatable bonds is 4. The highest BCUT2D eigenvalue weighted by Gasteiger charge is 1.90. The molecule has 0 aliphatic carbocycles.